The van der Waals surface area contributed by atoms with Crippen LogP contribution >= 0.6 is 0 Å². The molecule has 0 spiro atoms. The smallest absolute Gasteiger partial charge is 0.254 e. The second kappa shape index (κ2) is 8.41. The Bertz CT molecular complexity index is 734. The van der Waals surface area contributed by atoms with Gasteiger partial charge in [-0.15, -0.1) is 0 Å². The summed E-state index contributed by atoms with van der Waals surface area (Å²) in [6, 6.07) is 5.83. The molecule has 2 heterocycles. The first-order chi connectivity index (χ1) is 13.0. The van der Waals surface area contributed by atoms with Crippen LogP contribution in [0.3, 0.4) is 0 Å². The maximum absolute atomic E-state index is 12.8. The zero-order valence-corrected chi connectivity index (χ0v) is 16.1. The van der Waals surface area contributed by atoms with Gasteiger partial charge in [-0.05, 0) is 56.9 Å². The number of carbonyl (C=O) groups excluding carboxylic acids is 3. The minimum absolute atomic E-state index is 0.0762. The molecule has 2 fully saturated rings. The minimum Gasteiger partial charge on any atom is -0.376 e. The van der Waals surface area contributed by atoms with E-state index in [1.165, 1.54) is 6.42 Å². The molecule has 0 aliphatic carbocycles. The summed E-state index contributed by atoms with van der Waals surface area (Å²) >= 11 is 0. The van der Waals surface area contributed by atoms with Gasteiger partial charge < -0.3 is 20.4 Å². The Morgan fingerprint density at radius 3 is 2.78 bits per heavy atom. The molecule has 2 saturated heterocycles. The van der Waals surface area contributed by atoms with Crippen LogP contribution < -0.4 is 10.6 Å². The maximum Gasteiger partial charge on any atom is 0.254 e. The molecule has 7 nitrogen and oxygen atoms in total. The second-order valence-corrected chi connectivity index (χ2v) is 7.39. The van der Waals surface area contributed by atoms with Gasteiger partial charge in [0.1, 0.15) is 0 Å². The van der Waals surface area contributed by atoms with Crippen molar-refractivity contribution in [3.8, 4) is 0 Å². The standard InChI is InChI=1S/C20H28N4O3/c1-14-11-16(20(27)24-9-4-3-5-15(24)2)6-7-17(14)22-12-19(26)23-10-8-21-18(25)13-23/h6-7,11,15,22H,3-5,8-10,12-13H2,1-2H3,(H,21,25). The fraction of sp³-hybridized carbons (Fsp3) is 0.550. The highest BCUT2D eigenvalue weighted by molar-refractivity contribution is 5.95. The van der Waals surface area contributed by atoms with Crippen LogP contribution in [-0.4, -0.2) is 66.3 Å². The van der Waals surface area contributed by atoms with Crippen LogP contribution in [0, 0.1) is 6.92 Å². The van der Waals surface area contributed by atoms with Gasteiger partial charge >= 0.3 is 0 Å². The average Bonchev–Trinajstić information content (AvgIpc) is 2.66. The summed E-state index contributed by atoms with van der Waals surface area (Å²) in [5, 5.41) is 5.84. The molecule has 146 valence electrons. The highest BCUT2D eigenvalue weighted by Gasteiger charge is 2.25. The number of amides is 3. The Morgan fingerprint density at radius 2 is 2.07 bits per heavy atom. The highest BCUT2D eigenvalue weighted by Crippen LogP contribution is 2.22. The third-order valence-electron chi connectivity index (χ3n) is 5.36. The molecule has 1 atom stereocenters. The largest absolute Gasteiger partial charge is 0.376 e. The van der Waals surface area contributed by atoms with Gasteiger partial charge in [-0.25, -0.2) is 0 Å². The summed E-state index contributed by atoms with van der Waals surface area (Å²) < 4.78 is 0. The zero-order valence-electron chi connectivity index (χ0n) is 16.1. The number of anilines is 1. The lowest BCUT2D eigenvalue weighted by atomic mass is 10.0. The average molecular weight is 372 g/mol. The van der Waals surface area contributed by atoms with E-state index in [2.05, 4.69) is 17.6 Å². The third kappa shape index (κ3) is 4.59. The van der Waals surface area contributed by atoms with Gasteiger partial charge in [0.15, 0.2) is 0 Å². The summed E-state index contributed by atoms with van der Waals surface area (Å²) in [5.41, 5.74) is 2.44. The van der Waals surface area contributed by atoms with Crippen LogP contribution in [0.5, 0.6) is 0 Å². The van der Waals surface area contributed by atoms with E-state index in [0.717, 1.165) is 30.6 Å². The molecule has 2 N–H and O–H groups in total. The molecule has 1 unspecified atom stereocenters. The summed E-state index contributed by atoms with van der Waals surface area (Å²) in [4.78, 5) is 40.0. The molecule has 3 amide bonds. The van der Waals surface area contributed by atoms with E-state index < -0.39 is 0 Å². The molecule has 7 heteroatoms. The van der Waals surface area contributed by atoms with Crippen LogP contribution in [0.25, 0.3) is 0 Å². The molecule has 0 radical (unpaired) electrons. The monoisotopic (exact) mass is 372 g/mol. The Labute approximate surface area is 160 Å². The van der Waals surface area contributed by atoms with E-state index in [9.17, 15) is 14.4 Å². The van der Waals surface area contributed by atoms with Crippen LogP contribution in [0.1, 0.15) is 42.1 Å². The molecule has 3 rings (SSSR count). The molecule has 0 bridgehead atoms. The number of hydrogen-bond acceptors (Lipinski definition) is 4. The summed E-state index contributed by atoms with van der Waals surface area (Å²) in [6.07, 6.45) is 3.30. The highest BCUT2D eigenvalue weighted by atomic mass is 16.2. The normalized spacial score (nSPS) is 20.2. The van der Waals surface area contributed by atoms with Crippen molar-refractivity contribution in [2.24, 2.45) is 0 Å². The predicted octanol–water partition coefficient (Wildman–Crippen LogP) is 1.38. The van der Waals surface area contributed by atoms with Gasteiger partial charge in [0.05, 0.1) is 13.1 Å². The third-order valence-corrected chi connectivity index (χ3v) is 5.36. The lowest BCUT2D eigenvalue weighted by Gasteiger charge is -2.33. The van der Waals surface area contributed by atoms with E-state index in [1.807, 2.05) is 30.0 Å². The van der Waals surface area contributed by atoms with Crippen LogP contribution in [0.15, 0.2) is 18.2 Å². The van der Waals surface area contributed by atoms with Gasteiger partial charge in [0, 0.05) is 36.9 Å². The molecule has 27 heavy (non-hydrogen) atoms. The number of nitrogens with zero attached hydrogens (tertiary/aromatic N) is 2. The second-order valence-electron chi connectivity index (χ2n) is 7.39. The molecule has 2 aliphatic rings. The summed E-state index contributed by atoms with van der Waals surface area (Å²) in [7, 11) is 0. The number of piperazine rings is 1. The number of rotatable bonds is 4. The molecule has 1 aromatic carbocycles. The predicted molar refractivity (Wildman–Crippen MR) is 104 cm³/mol. The van der Waals surface area contributed by atoms with Gasteiger partial charge in [-0.1, -0.05) is 0 Å². The Balaban J connectivity index is 1.60. The van der Waals surface area contributed by atoms with Crippen molar-refractivity contribution in [3.05, 3.63) is 29.3 Å². The Hall–Kier alpha value is -2.57. The topological polar surface area (TPSA) is 81.8 Å². The molecule has 2 aliphatic heterocycles. The Kier molecular flexibility index (Phi) is 5.98. The van der Waals surface area contributed by atoms with E-state index in [4.69, 9.17) is 0 Å². The number of carbonyl (C=O) groups is 3. The minimum atomic E-state index is -0.124. The fourth-order valence-corrected chi connectivity index (χ4v) is 3.69. The van der Waals surface area contributed by atoms with E-state index in [0.29, 0.717) is 18.7 Å². The van der Waals surface area contributed by atoms with E-state index in [-0.39, 0.29) is 36.9 Å². The first-order valence-corrected chi connectivity index (χ1v) is 9.65. The fourth-order valence-electron chi connectivity index (χ4n) is 3.69. The van der Waals surface area contributed by atoms with Crippen molar-refractivity contribution in [2.75, 3.05) is 38.0 Å². The number of benzene rings is 1. The Morgan fingerprint density at radius 1 is 1.26 bits per heavy atom. The number of piperidine rings is 1. The van der Waals surface area contributed by atoms with Crippen molar-refractivity contribution in [3.63, 3.8) is 0 Å². The summed E-state index contributed by atoms with van der Waals surface area (Å²) in [5.74, 6) is -0.153. The van der Waals surface area contributed by atoms with Crippen molar-refractivity contribution in [1.82, 2.24) is 15.1 Å². The zero-order chi connectivity index (χ0) is 19.4. The molecular weight excluding hydrogens is 344 g/mol. The lowest BCUT2D eigenvalue weighted by molar-refractivity contribution is -0.136. The first-order valence-electron chi connectivity index (χ1n) is 9.65. The first kappa shape index (κ1) is 19.2. The van der Waals surface area contributed by atoms with Gasteiger partial charge in [-0.3, -0.25) is 14.4 Å². The summed E-state index contributed by atoms with van der Waals surface area (Å²) in [6.45, 7) is 6.12. The molecule has 0 saturated carbocycles. The van der Waals surface area contributed by atoms with Crippen molar-refractivity contribution in [1.29, 1.82) is 0 Å². The van der Waals surface area contributed by atoms with Crippen molar-refractivity contribution in [2.45, 2.75) is 39.2 Å². The number of likely N-dealkylation sites (tertiary alicyclic amines) is 1. The van der Waals surface area contributed by atoms with Gasteiger partial charge in [0.25, 0.3) is 5.91 Å². The number of nitrogens with one attached hydrogen (secondary N) is 2. The van der Waals surface area contributed by atoms with Crippen molar-refractivity contribution >= 4 is 23.4 Å². The number of aryl methyl sites for hydroxylation is 1. The van der Waals surface area contributed by atoms with Gasteiger partial charge in [-0.2, -0.15) is 0 Å². The van der Waals surface area contributed by atoms with E-state index in [1.54, 1.807) is 4.90 Å². The maximum atomic E-state index is 12.8. The van der Waals surface area contributed by atoms with Crippen molar-refractivity contribution < 1.29 is 14.4 Å². The molecular formula is C20H28N4O3. The quantitative estimate of drug-likeness (QED) is 0.837. The van der Waals surface area contributed by atoms with Gasteiger partial charge in [0.2, 0.25) is 11.8 Å². The van der Waals surface area contributed by atoms with Crippen LogP contribution in [0.2, 0.25) is 0 Å². The van der Waals surface area contributed by atoms with Crippen LogP contribution in [-0.2, 0) is 9.59 Å². The molecule has 1 aromatic rings. The SMILES string of the molecule is Cc1cc(C(=O)N2CCCCC2C)ccc1NCC(=O)N1CCNC(=O)C1. The van der Waals surface area contributed by atoms with E-state index >= 15 is 0 Å². The van der Waals surface area contributed by atoms with Crippen LogP contribution in [0.4, 0.5) is 5.69 Å². The molecule has 0 aromatic heterocycles. The lowest BCUT2D eigenvalue weighted by Crippen LogP contribution is -2.51. The number of hydrogen-bond donors (Lipinski definition) is 2.